The molecule has 116 valence electrons. The van der Waals surface area contributed by atoms with E-state index in [1.165, 1.54) is 57.8 Å². The Kier molecular flexibility index (Phi) is 6.34. The summed E-state index contributed by atoms with van der Waals surface area (Å²) in [7, 11) is 0. The van der Waals surface area contributed by atoms with Crippen molar-refractivity contribution in [2.45, 2.75) is 83.7 Å². The molecule has 0 atom stereocenters. The maximum Gasteiger partial charge on any atom is 0.234 e. The van der Waals surface area contributed by atoms with Gasteiger partial charge in [-0.1, -0.05) is 33.1 Å². The minimum absolute atomic E-state index is 0.247. The van der Waals surface area contributed by atoms with Gasteiger partial charge in [0.05, 0.1) is 6.54 Å². The van der Waals surface area contributed by atoms with Crippen molar-refractivity contribution in [1.29, 1.82) is 0 Å². The van der Waals surface area contributed by atoms with E-state index in [1.54, 1.807) is 0 Å². The van der Waals surface area contributed by atoms with Gasteiger partial charge < -0.3 is 5.32 Å². The molecule has 0 heterocycles. The summed E-state index contributed by atoms with van der Waals surface area (Å²) in [5.41, 5.74) is 0. The molecule has 2 fully saturated rings. The lowest BCUT2D eigenvalue weighted by molar-refractivity contribution is -0.123. The van der Waals surface area contributed by atoms with Crippen LogP contribution in [0.15, 0.2) is 0 Å². The molecule has 1 amide bonds. The standard InChI is InChI=1S/C17H32N2O/c1-3-19(16-7-5-4-6-8-16)13-17(20)18-15-11-9-14(2)10-12-15/h14-16H,3-13H2,1-2H3,(H,18,20). The monoisotopic (exact) mass is 280 g/mol. The maximum atomic E-state index is 12.3. The molecule has 2 aliphatic carbocycles. The van der Waals surface area contributed by atoms with Gasteiger partial charge in [-0.15, -0.1) is 0 Å². The lowest BCUT2D eigenvalue weighted by atomic mass is 9.87. The molecule has 0 aromatic rings. The minimum Gasteiger partial charge on any atom is -0.352 e. The second-order valence-electron chi connectivity index (χ2n) is 6.88. The van der Waals surface area contributed by atoms with Crippen molar-refractivity contribution in [2.24, 2.45) is 5.92 Å². The van der Waals surface area contributed by atoms with Gasteiger partial charge >= 0.3 is 0 Å². The number of carbonyl (C=O) groups excluding carboxylic acids is 1. The van der Waals surface area contributed by atoms with Gasteiger partial charge in [0.15, 0.2) is 0 Å². The molecule has 3 nitrogen and oxygen atoms in total. The van der Waals surface area contributed by atoms with Crippen molar-refractivity contribution in [3.63, 3.8) is 0 Å². The molecule has 0 spiro atoms. The number of hydrogen-bond donors (Lipinski definition) is 1. The quantitative estimate of drug-likeness (QED) is 0.837. The summed E-state index contributed by atoms with van der Waals surface area (Å²) in [6, 6.07) is 1.08. The molecule has 0 aromatic heterocycles. The van der Waals surface area contributed by atoms with Gasteiger partial charge in [0.25, 0.3) is 0 Å². The smallest absolute Gasteiger partial charge is 0.234 e. The van der Waals surface area contributed by atoms with Crippen LogP contribution in [0.5, 0.6) is 0 Å². The second-order valence-corrected chi connectivity index (χ2v) is 6.88. The van der Waals surface area contributed by atoms with Crippen LogP contribution in [-0.4, -0.2) is 36.0 Å². The fraction of sp³-hybridized carbons (Fsp3) is 0.941. The Labute approximate surface area is 124 Å². The van der Waals surface area contributed by atoms with Crippen molar-refractivity contribution in [3.8, 4) is 0 Å². The SMILES string of the molecule is CCN(CC(=O)NC1CCC(C)CC1)C1CCCCC1. The first-order chi connectivity index (χ1) is 9.69. The molecule has 2 aliphatic rings. The van der Waals surface area contributed by atoms with E-state index in [2.05, 4.69) is 24.1 Å². The fourth-order valence-corrected chi connectivity index (χ4v) is 3.81. The average molecular weight is 280 g/mol. The molecular formula is C17H32N2O. The highest BCUT2D eigenvalue weighted by atomic mass is 16.2. The van der Waals surface area contributed by atoms with E-state index in [1.807, 2.05) is 0 Å². The van der Waals surface area contributed by atoms with Crippen LogP contribution in [0.2, 0.25) is 0 Å². The Hall–Kier alpha value is -0.570. The average Bonchev–Trinajstić information content (AvgIpc) is 2.48. The summed E-state index contributed by atoms with van der Waals surface area (Å²) in [5.74, 6) is 1.09. The van der Waals surface area contributed by atoms with Crippen LogP contribution < -0.4 is 5.32 Å². The van der Waals surface area contributed by atoms with E-state index in [0.717, 1.165) is 12.5 Å². The lowest BCUT2D eigenvalue weighted by Gasteiger charge is -2.34. The van der Waals surface area contributed by atoms with Crippen molar-refractivity contribution >= 4 is 5.91 Å². The summed E-state index contributed by atoms with van der Waals surface area (Å²) in [6.07, 6.45) is 11.5. The molecule has 0 saturated heterocycles. The summed E-state index contributed by atoms with van der Waals surface area (Å²) >= 11 is 0. The van der Waals surface area contributed by atoms with E-state index in [-0.39, 0.29) is 5.91 Å². The number of amides is 1. The Morgan fingerprint density at radius 1 is 1.05 bits per heavy atom. The third kappa shape index (κ3) is 4.76. The maximum absolute atomic E-state index is 12.3. The third-order valence-corrected chi connectivity index (χ3v) is 5.22. The van der Waals surface area contributed by atoms with Crippen molar-refractivity contribution in [2.75, 3.05) is 13.1 Å². The zero-order valence-electron chi connectivity index (χ0n) is 13.4. The molecule has 0 unspecified atom stereocenters. The van der Waals surface area contributed by atoms with E-state index >= 15 is 0 Å². The van der Waals surface area contributed by atoms with E-state index < -0.39 is 0 Å². The fourth-order valence-electron chi connectivity index (χ4n) is 3.81. The predicted molar refractivity (Wildman–Crippen MR) is 83.7 cm³/mol. The van der Waals surface area contributed by atoms with Gasteiger partial charge in [-0.2, -0.15) is 0 Å². The zero-order chi connectivity index (χ0) is 14.4. The van der Waals surface area contributed by atoms with Gasteiger partial charge in [-0.25, -0.2) is 0 Å². The summed E-state index contributed by atoms with van der Waals surface area (Å²) in [5, 5.41) is 3.26. The van der Waals surface area contributed by atoms with Crippen molar-refractivity contribution in [1.82, 2.24) is 10.2 Å². The van der Waals surface area contributed by atoms with Crippen LogP contribution in [0.4, 0.5) is 0 Å². The van der Waals surface area contributed by atoms with E-state index in [9.17, 15) is 4.79 Å². The van der Waals surface area contributed by atoms with Gasteiger partial charge in [-0.3, -0.25) is 9.69 Å². The number of hydrogen-bond acceptors (Lipinski definition) is 2. The molecule has 2 saturated carbocycles. The summed E-state index contributed by atoms with van der Waals surface area (Å²) < 4.78 is 0. The first-order valence-corrected chi connectivity index (χ1v) is 8.72. The zero-order valence-corrected chi connectivity index (χ0v) is 13.4. The summed E-state index contributed by atoms with van der Waals surface area (Å²) in [4.78, 5) is 14.6. The lowest BCUT2D eigenvalue weighted by Crippen LogP contribution is -2.46. The van der Waals surface area contributed by atoms with Crippen LogP contribution in [0.25, 0.3) is 0 Å². The van der Waals surface area contributed by atoms with Crippen LogP contribution in [0.3, 0.4) is 0 Å². The molecule has 1 N–H and O–H groups in total. The van der Waals surface area contributed by atoms with E-state index in [0.29, 0.717) is 18.6 Å². The van der Waals surface area contributed by atoms with Crippen LogP contribution in [-0.2, 0) is 4.79 Å². The molecule has 3 heteroatoms. The van der Waals surface area contributed by atoms with Crippen LogP contribution in [0.1, 0.15) is 71.6 Å². The topological polar surface area (TPSA) is 32.3 Å². The van der Waals surface area contributed by atoms with Crippen molar-refractivity contribution < 1.29 is 4.79 Å². The molecule has 0 aromatic carbocycles. The highest BCUT2D eigenvalue weighted by Gasteiger charge is 2.24. The Morgan fingerprint density at radius 2 is 1.70 bits per heavy atom. The van der Waals surface area contributed by atoms with Gasteiger partial charge in [-0.05, 0) is 51.0 Å². The Morgan fingerprint density at radius 3 is 2.30 bits per heavy atom. The number of likely N-dealkylation sites (N-methyl/N-ethyl adjacent to an activating group) is 1. The Balaban J connectivity index is 1.74. The molecular weight excluding hydrogens is 248 g/mol. The van der Waals surface area contributed by atoms with Crippen molar-refractivity contribution in [3.05, 3.63) is 0 Å². The minimum atomic E-state index is 0.247. The highest BCUT2D eigenvalue weighted by molar-refractivity contribution is 5.78. The summed E-state index contributed by atoms with van der Waals surface area (Å²) in [6.45, 7) is 6.11. The number of nitrogens with one attached hydrogen (secondary N) is 1. The normalized spacial score (nSPS) is 28.6. The molecule has 20 heavy (non-hydrogen) atoms. The first kappa shape index (κ1) is 15.8. The molecule has 2 rings (SSSR count). The van der Waals surface area contributed by atoms with Crippen LogP contribution in [0, 0.1) is 5.92 Å². The molecule has 0 bridgehead atoms. The molecule has 0 radical (unpaired) electrons. The number of carbonyl (C=O) groups is 1. The predicted octanol–water partition coefficient (Wildman–Crippen LogP) is 3.34. The Bertz CT molecular complexity index is 291. The van der Waals surface area contributed by atoms with Crippen LogP contribution >= 0.6 is 0 Å². The van der Waals surface area contributed by atoms with Gasteiger partial charge in [0.2, 0.25) is 5.91 Å². The first-order valence-electron chi connectivity index (χ1n) is 8.72. The second kappa shape index (κ2) is 8.02. The largest absolute Gasteiger partial charge is 0.352 e. The number of rotatable bonds is 5. The van der Waals surface area contributed by atoms with E-state index in [4.69, 9.17) is 0 Å². The third-order valence-electron chi connectivity index (χ3n) is 5.22. The van der Waals surface area contributed by atoms with Gasteiger partial charge in [0.1, 0.15) is 0 Å². The van der Waals surface area contributed by atoms with Gasteiger partial charge in [0, 0.05) is 12.1 Å². The highest BCUT2D eigenvalue weighted by Crippen LogP contribution is 2.24. The molecule has 0 aliphatic heterocycles. The number of nitrogens with zero attached hydrogens (tertiary/aromatic N) is 1.